The molecule has 3 atom stereocenters. The molecule has 3 unspecified atom stereocenters. The fourth-order valence-electron chi connectivity index (χ4n) is 2.26. The quantitative estimate of drug-likeness (QED) is 0.729. The van der Waals surface area contributed by atoms with E-state index in [4.69, 9.17) is 0 Å². The van der Waals surface area contributed by atoms with Crippen molar-refractivity contribution in [1.29, 1.82) is 0 Å². The van der Waals surface area contributed by atoms with Gasteiger partial charge < -0.3 is 5.11 Å². The first-order valence-corrected chi connectivity index (χ1v) is 5.37. The van der Waals surface area contributed by atoms with Gasteiger partial charge in [-0.3, -0.25) is 4.79 Å². The Labute approximate surface area is 80.3 Å². The predicted octanol–water partition coefficient (Wildman–Crippen LogP) is 2.15. The second-order valence-corrected chi connectivity index (χ2v) is 4.22. The van der Waals surface area contributed by atoms with E-state index >= 15 is 0 Å². The van der Waals surface area contributed by atoms with E-state index in [9.17, 15) is 9.90 Å². The van der Waals surface area contributed by atoms with Crippen molar-refractivity contribution in [3.63, 3.8) is 0 Å². The summed E-state index contributed by atoms with van der Waals surface area (Å²) in [6, 6.07) is 0. The molecule has 0 saturated heterocycles. The lowest BCUT2D eigenvalue weighted by Gasteiger charge is -2.28. The zero-order chi connectivity index (χ0) is 9.84. The molecule has 76 valence electrons. The number of hydrogen-bond acceptors (Lipinski definition) is 2. The van der Waals surface area contributed by atoms with Gasteiger partial charge in [0.2, 0.25) is 0 Å². The highest BCUT2D eigenvalue weighted by atomic mass is 16.3. The number of aliphatic hydroxyl groups is 1. The summed E-state index contributed by atoms with van der Waals surface area (Å²) in [6.45, 7) is 3.76. The first-order valence-electron chi connectivity index (χ1n) is 5.37. The SMILES string of the molecule is CCC1CCCC(C(=O)C(C)O)C1. The van der Waals surface area contributed by atoms with Crippen LogP contribution in [0.2, 0.25) is 0 Å². The highest BCUT2D eigenvalue weighted by molar-refractivity contribution is 5.84. The molecule has 2 heteroatoms. The van der Waals surface area contributed by atoms with Crippen LogP contribution >= 0.6 is 0 Å². The summed E-state index contributed by atoms with van der Waals surface area (Å²) in [4.78, 5) is 11.5. The van der Waals surface area contributed by atoms with Crippen LogP contribution < -0.4 is 0 Å². The van der Waals surface area contributed by atoms with Crippen LogP contribution in [0.5, 0.6) is 0 Å². The van der Waals surface area contributed by atoms with Crippen molar-refractivity contribution >= 4 is 5.78 Å². The highest BCUT2D eigenvalue weighted by Gasteiger charge is 2.28. The van der Waals surface area contributed by atoms with Crippen molar-refractivity contribution < 1.29 is 9.90 Å². The third-order valence-corrected chi connectivity index (χ3v) is 3.17. The summed E-state index contributed by atoms with van der Waals surface area (Å²) in [5.74, 6) is 0.901. The zero-order valence-electron chi connectivity index (χ0n) is 8.62. The molecule has 13 heavy (non-hydrogen) atoms. The smallest absolute Gasteiger partial charge is 0.164 e. The van der Waals surface area contributed by atoms with Gasteiger partial charge in [0.1, 0.15) is 6.10 Å². The van der Waals surface area contributed by atoms with Gasteiger partial charge in [-0.2, -0.15) is 0 Å². The zero-order valence-corrected chi connectivity index (χ0v) is 8.62. The maximum atomic E-state index is 11.5. The summed E-state index contributed by atoms with van der Waals surface area (Å²) in [6.07, 6.45) is 4.81. The van der Waals surface area contributed by atoms with Gasteiger partial charge in [0, 0.05) is 5.92 Å². The fourth-order valence-corrected chi connectivity index (χ4v) is 2.26. The Bertz CT molecular complexity index is 175. The first kappa shape index (κ1) is 10.7. The number of Topliss-reactive ketones (excluding diaryl/α,β-unsaturated/α-hetero) is 1. The molecule has 1 N–H and O–H groups in total. The molecule has 0 bridgehead atoms. The second-order valence-electron chi connectivity index (χ2n) is 4.22. The van der Waals surface area contributed by atoms with Crippen molar-refractivity contribution in [3.8, 4) is 0 Å². The molecule has 1 rings (SSSR count). The molecule has 0 spiro atoms. The Hall–Kier alpha value is -0.370. The normalized spacial score (nSPS) is 31.3. The number of hydrogen-bond donors (Lipinski definition) is 1. The summed E-state index contributed by atoms with van der Waals surface area (Å²) in [5, 5.41) is 9.18. The van der Waals surface area contributed by atoms with Crippen LogP contribution in [0.3, 0.4) is 0 Å². The molecule has 2 nitrogen and oxygen atoms in total. The molecular weight excluding hydrogens is 164 g/mol. The van der Waals surface area contributed by atoms with Crippen molar-refractivity contribution in [2.24, 2.45) is 11.8 Å². The summed E-state index contributed by atoms with van der Waals surface area (Å²) in [5.41, 5.74) is 0. The van der Waals surface area contributed by atoms with Crippen LogP contribution in [0, 0.1) is 11.8 Å². The topological polar surface area (TPSA) is 37.3 Å². The standard InChI is InChI=1S/C11H20O2/c1-3-9-5-4-6-10(7-9)11(13)8(2)12/h8-10,12H,3-7H2,1-2H3. The van der Waals surface area contributed by atoms with E-state index in [1.54, 1.807) is 6.92 Å². The molecule has 1 saturated carbocycles. The third kappa shape index (κ3) is 2.80. The van der Waals surface area contributed by atoms with E-state index in [0.717, 1.165) is 19.3 Å². The van der Waals surface area contributed by atoms with E-state index in [2.05, 4.69) is 6.92 Å². The predicted molar refractivity (Wildman–Crippen MR) is 52.4 cm³/mol. The molecule has 0 amide bonds. The van der Waals surface area contributed by atoms with Crippen LogP contribution in [0.25, 0.3) is 0 Å². The van der Waals surface area contributed by atoms with E-state index in [0.29, 0.717) is 5.92 Å². The first-order chi connectivity index (χ1) is 6.15. The number of aliphatic hydroxyl groups excluding tert-OH is 1. The summed E-state index contributed by atoms with van der Waals surface area (Å²) >= 11 is 0. The number of carbonyl (C=O) groups excluding carboxylic acids is 1. The lowest BCUT2D eigenvalue weighted by atomic mass is 9.77. The number of ketones is 1. The van der Waals surface area contributed by atoms with Crippen LogP contribution in [0.15, 0.2) is 0 Å². The maximum absolute atomic E-state index is 11.5. The van der Waals surface area contributed by atoms with E-state index in [1.807, 2.05) is 0 Å². The average molecular weight is 184 g/mol. The monoisotopic (exact) mass is 184 g/mol. The van der Waals surface area contributed by atoms with Gasteiger partial charge in [0.25, 0.3) is 0 Å². The molecule has 0 aliphatic heterocycles. The Morgan fingerprint density at radius 3 is 2.77 bits per heavy atom. The molecule has 0 aromatic rings. The molecule has 0 heterocycles. The lowest BCUT2D eigenvalue weighted by Crippen LogP contribution is -2.29. The van der Waals surface area contributed by atoms with Gasteiger partial charge in [-0.15, -0.1) is 0 Å². The Morgan fingerprint density at radius 1 is 1.54 bits per heavy atom. The van der Waals surface area contributed by atoms with Crippen molar-refractivity contribution in [2.45, 2.75) is 52.1 Å². The lowest BCUT2D eigenvalue weighted by molar-refractivity contribution is -0.131. The number of rotatable bonds is 3. The highest BCUT2D eigenvalue weighted by Crippen LogP contribution is 2.31. The van der Waals surface area contributed by atoms with Gasteiger partial charge in [0.15, 0.2) is 5.78 Å². The van der Waals surface area contributed by atoms with Gasteiger partial charge in [0.05, 0.1) is 0 Å². The summed E-state index contributed by atoms with van der Waals surface area (Å²) < 4.78 is 0. The average Bonchev–Trinajstić information content (AvgIpc) is 2.16. The number of carbonyl (C=O) groups is 1. The Kier molecular flexibility index (Phi) is 3.91. The van der Waals surface area contributed by atoms with Crippen molar-refractivity contribution in [1.82, 2.24) is 0 Å². The van der Waals surface area contributed by atoms with E-state index in [-0.39, 0.29) is 11.7 Å². The van der Waals surface area contributed by atoms with E-state index < -0.39 is 6.10 Å². The van der Waals surface area contributed by atoms with Crippen LogP contribution in [0.4, 0.5) is 0 Å². The van der Waals surface area contributed by atoms with Crippen molar-refractivity contribution in [3.05, 3.63) is 0 Å². The minimum atomic E-state index is -0.763. The van der Waals surface area contributed by atoms with Gasteiger partial charge >= 0.3 is 0 Å². The summed E-state index contributed by atoms with van der Waals surface area (Å²) in [7, 11) is 0. The van der Waals surface area contributed by atoms with Crippen LogP contribution in [0.1, 0.15) is 46.0 Å². The molecule has 1 aliphatic rings. The molecule has 0 aromatic heterocycles. The second kappa shape index (κ2) is 4.75. The molecule has 0 radical (unpaired) electrons. The van der Waals surface area contributed by atoms with Crippen LogP contribution in [-0.2, 0) is 4.79 Å². The molecule has 1 aliphatic carbocycles. The third-order valence-electron chi connectivity index (χ3n) is 3.17. The maximum Gasteiger partial charge on any atom is 0.164 e. The Balaban J connectivity index is 2.46. The van der Waals surface area contributed by atoms with E-state index in [1.165, 1.54) is 12.8 Å². The van der Waals surface area contributed by atoms with Gasteiger partial charge in [-0.1, -0.05) is 26.2 Å². The molecule has 0 aromatic carbocycles. The largest absolute Gasteiger partial charge is 0.386 e. The minimum Gasteiger partial charge on any atom is -0.386 e. The van der Waals surface area contributed by atoms with Gasteiger partial charge in [-0.05, 0) is 25.7 Å². The molecular formula is C11H20O2. The minimum absolute atomic E-state index is 0.0538. The Morgan fingerprint density at radius 2 is 2.23 bits per heavy atom. The van der Waals surface area contributed by atoms with Crippen LogP contribution in [-0.4, -0.2) is 17.0 Å². The van der Waals surface area contributed by atoms with Crippen molar-refractivity contribution in [2.75, 3.05) is 0 Å². The van der Waals surface area contributed by atoms with Gasteiger partial charge in [-0.25, -0.2) is 0 Å². The fraction of sp³-hybridized carbons (Fsp3) is 0.909. The molecule has 1 fully saturated rings.